The van der Waals surface area contributed by atoms with E-state index in [2.05, 4.69) is 36.1 Å². The van der Waals surface area contributed by atoms with Crippen molar-refractivity contribution in [1.29, 1.82) is 0 Å². The molecular formula is C16H19BrN6O2. The van der Waals surface area contributed by atoms with Crippen LogP contribution in [0.5, 0.6) is 0 Å². The third-order valence-electron chi connectivity index (χ3n) is 4.15. The van der Waals surface area contributed by atoms with Gasteiger partial charge in [-0.1, -0.05) is 13.8 Å². The lowest BCUT2D eigenvalue weighted by Crippen LogP contribution is -2.50. The van der Waals surface area contributed by atoms with Gasteiger partial charge in [0.1, 0.15) is 5.69 Å². The highest BCUT2D eigenvalue weighted by Gasteiger charge is 2.29. The lowest BCUT2D eigenvalue weighted by molar-refractivity contribution is 0.0528. The SMILES string of the molecule is CC(C)c1[nH]nc(C(=O)N2CCN(C(=O)c3cnccn3)CC2)c1Br. The van der Waals surface area contributed by atoms with Crippen LogP contribution >= 0.6 is 15.9 Å². The van der Waals surface area contributed by atoms with Crippen LogP contribution in [0.4, 0.5) is 0 Å². The van der Waals surface area contributed by atoms with Crippen molar-refractivity contribution in [3.05, 3.63) is 40.1 Å². The van der Waals surface area contributed by atoms with E-state index < -0.39 is 0 Å². The fourth-order valence-electron chi connectivity index (χ4n) is 2.70. The van der Waals surface area contributed by atoms with Crippen molar-refractivity contribution in [3.8, 4) is 0 Å². The van der Waals surface area contributed by atoms with Gasteiger partial charge in [-0.05, 0) is 21.8 Å². The normalized spacial score (nSPS) is 14.9. The molecule has 132 valence electrons. The Kier molecular flexibility index (Phi) is 5.12. The monoisotopic (exact) mass is 406 g/mol. The number of halogens is 1. The van der Waals surface area contributed by atoms with Gasteiger partial charge in [-0.25, -0.2) is 4.98 Å². The minimum Gasteiger partial charge on any atom is -0.334 e. The van der Waals surface area contributed by atoms with Crippen LogP contribution in [0.2, 0.25) is 0 Å². The van der Waals surface area contributed by atoms with Crippen molar-refractivity contribution in [2.24, 2.45) is 0 Å². The van der Waals surface area contributed by atoms with Gasteiger partial charge in [-0.3, -0.25) is 19.7 Å². The number of nitrogens with zero attached hydrogens (tertiary/aromatic N) is 5. The maximum absolute atomic E-state index is 12.7. The number of carbonyl (C=O) groups is 2. The van der Waals surface area contributed by atoms with Gasteiger partial charge in [0.2, 0.25) is 0 Å². The highest BCUT2D eigenvalue weighted by atomic mass is 79.9. The van der Waals surface area contributed by atoms with E-state index in [4.69, 9.17) is 0 Å². The summed E-state index contributed by atoms with van der Waals surface area (Å²) in [6, 6.07) is 0. The summed E-state index contributed by atoms with van der Waals surface area (Å²) >= 11 is 3.46. The number of H-pyrrole nitrogens is 1. The van der Waals surface area contributed by atoms with Gasteiger partial charge in [-0.15, -0.1) is 0 Å². The first-order valence-corrected chi connectivity index (χ1v) is 8.86. The van der Waals surface area contributed by atoms with Crippen LogP contribution in [-0.4, -0.2) is 68.0 Å². The van der Waals surface area contributed by atoms with E-state index in [1.807, 2.05) is 13.8 Å². The molecule has 0 aromatic carbocycles. The third kappa shape index (κ3) is 3.55. The summed E-state index contributed by atoms with van der Waals surface area (Å²) in [6.45, 7) is 5.90. The second-order valence-electron chi connectivity index (χ2n) is 6.13. The van der Waals surface area contributed by atoms with Crippen LogP contribution in [0.15, 0.2) is 23.1 Å². The van der Waals surface area contributed by atoms with Crippen molar-refractivity contribution in [2.75, 3.05) is 26.2 Å². The van der Waals surface area contributed by atoms with Crippen molar-refractivity contribution in [2.45, 2.75) is 19.8 Å². The summed E-state index contributed by atoms with van der Waals surface area (Å²) in [6.07, 6.45) is 4.48. The smallest absolute Gasteiger partial charge is 0.275 e. The van der Waals surface area contributed by atoms with Gasteiger partial charge < -0.3 is 9.80 Å². The van der Waals surface area contributed by atoms with Crippen LogP contribution in [0, 0.1) is 0 Å². The fourth-order valence-corrected chi connectivity index (χ4v) is 3.50. The standard InChI is InChI=1S/C16H19BrN6O2/c1-10(2)13-12(17)14(21-20-13)16(25)23-7-5-22(6-8-23)15(24)11-9-18-3-4-19-11/h3-4,9-10H,5-8H2,1-2H3,(H,20,21). The Labute approximate surface area is 153 Å². The average Bonchev–Trinajstić information content (AvgIpc) is 3.03. The molecule has 0 saturated carbocycles. The van der Waals surface area contributed by atoms with E-state index in [9.17, 15) is 9.59 Å². The van der Waals surface area contributed by atoms with Gasteiger partial charge in [-0.2, -0.15) is 5.10 Å². The Balaban J connectivity index is 1.64. The molecule has 2 aromatic heterocycles. The van der Waals surface area contributed by atoms with Crippen molar-refractivity contribution in [3.63, 3.8) is 0 Å². The highest BCUT2D eigenvalue weighted by molar-refractivity contribution is 9.10. The second-order valence-corrected chi connectivity index (χ2v) is 6.92. The lowest BCUT2D eigenvalue weighted by atomic mass is 10.1. The second kappa shape index (κ2) is 7.30. The molecule has 9 heteroatoms. The Hall–Kier alpha value is -2.29. The van der Waals surface area contributed by atoms with Gasteiger partial charge in [0.25, 0.3) is 11.8 Å². The summed E-state index contributed by atoms with van der Waals surface area (Å²) in [4.78, 5) is 36.4. The number of piperazine rings is 1. The molecule has 2 aromatic rings. The Morgan fingerprint density at radius 2 is 1.76 bits per heavy atom. The molecule has 1 aliphatic heterocycles. The largest absolute Gasteiger partial charge is 0.334 e. The minimum absolute atomic E-state index is 0.137. The summed E-state index contributed by atoms with van der Waals surface area (Å²) < 4.78 is 0.713. The average molecular weight is 407 g/mol. The van der Waals surface area contributed by atoms with Crippen molar-refractivity contribution >= 4 is 27.7 Å². The fraction of sp³-hybridized carbons (Fsp3) is 0.438. The number of aromatic amines is 1. The number of hydrogen-bond acceptors (Lipinski definition) is 5. The predicted molar refractivity (Wildman–Crippen MR) is 94.2 cm³/mol. The zero-order valence-corrected chi connectivity index (χ0v) is 15.7. The summed E-state index contributed by atoms with van der Waals surface area (Å²) in [5.74, 6) is -0.0604. The van der Waals surface area contributed by atoms with Gasteiger partial charge in [0, 0.05) is 38.6 Å². The molecule has 1 aliphatic rings. The van der Waals surface area contributed by atoms with Crippen LogP contribution in [0.1, 0.15) is 46.4 Å². The molecule has 2 amide bonds. The molecule has 1 fully saturated rings. The number of aromatic nitrogens is 4. The number of carbonyl (C=O) groups excluding carboxylic acids is 2. The third-order valence-corrected chi connectivity index (χ3v) is 4.95. The molecule has 0 atom stereocenters. The van der Waals surface area contributed by atoms with Crippen molar-refractivity contribution in [1.82, 2.24) is 30.0 Å². The summed E-state index contributed by atoms with van der Waals surface area (Å²) in [5, 5.41) is 7.07. The highest BCUT2D eigenvalue weighted by Crippen LogP contribution is 2.26. The Morgan fingerprint density at radius 1 is 1.12 bits per heavy atom. The molecular weight excluding hydrogens is 388 g/mol. The first-order valence-electron chi connectivity index (χ1n) is 8.07. The Morgan fingerprint density at radius 3 is 2.28 bits per heavy atom. The molecule has 3 rings (SSSR count). The molecule has 1 saturated heterocycles. The topological polar surface area (TPSA) is 95.1 Å². The Bertz CT molecular complexity index is 768. The first-order chi connectivity index (χ1) is 12.0. The predicted octanol–water partition coefficient (Wildman–Crippen LogP) is 1.68. The first kappa shape index (κ1) is 17.5. The van der Waals surface area contributed by atoms with E-state index in [1.165, 1.54) is 18.6 Å². The van der Waals surface area contributed by atoms with Crippen LogP contribution < -0.4 is 0 Å². The van der Waals surface area contributed by atoms with Crippen LogP contribution in [-0.2, 0) is 0 Å². The molecule has 0 bridgehead atoms. The molecule has 0 aliphatic carbocycles. The maximum Gasteiger partial charge on any atom is 0.275 e. The van der Waals surface area contributed by atoms with Gasteiger partial charge >= 0.3 is 0 Å². The molecule has 0 radical (unpaired) electrons. The maximum atomic E-state index is 12.7. The van der Waals surface area contributed by atoms with E-state index >= 15 is 0 Å². The molecule has 25 heavy (non-hydrogen) atoms. The molecule has 0 spiro atoms. The minimum atomic E-state index is -0.164. The summed E-state index contributed by atoms with van der Waals surface area (Å²) in [5.41, 5.74) is 1.61. The zero-order valence-electron chi connectivity index (χ0n) is 14.1. The molecule has 3 heterocycles. The zero-order chi connectivity index (χ0) is 18.0. The van der Waals surface area contributed by atoms with Gasteiger partial charge in [0.05, 0.1) is 16.4 Å². The molecule has 1 N–H and O–H groups in total. The van der Waals surface area contributed by atoms with E-state index in [-0.39, 0.29) is 17.7 Å². The van der Waals surface area contributed by atoms with E-state index in [1.54, 1.807) is 9.80 Å². The quantitative estimate of drug-likeness (QED) is 0.836. The summed E-state index contributed by atoms with van der Waals surface area (Å²) in [7, 11) is 0. The van der Waals surface area contributed by atoms with E-state index in [0.717, 1.165) is 5.69 Å². The lowest BCUT2D eigenvalue weighted by Gasteiger charge is -2.34. The number of nitrogens with one attached hydrogen (secondary N) is 1. The van der Waals surface area contributed by atoms with Crippen LogP contribution in [0.25, 0.3) is 0 Å². The van der Waals surface area contributed by atoms with Gasteiger partial charge in [0.15, 0.2) is 5.69 Å². The number of amides is 2. The van der Waals surface area contributed by atoms with Crippen LogP contribution in [0.3, 0.4) is 0 Å². The van der Waals surface area contributed by atoms with E-state index in [0.29, 0.717) is 42.0 Å². The number of hydrogen-bond donors (Lipinski definition) is 1. The molecule has 0 unspecified atom stereocenters. The molecule has 8 nitrogen and oxygen atoms in total. The number of rotatable bonds is 3. The van der Waals surface area contributed by atoms with Crippen molar-refractivity contribution < 1.29 is 9.59 Å².